The predicted molar refractivity (Wildman–Crippen MR) is 91.6 cm³/mol. The molecule has 0 radical (unpaired) electrons. The number of aryl methyl sites for hydroxylation is 2. The summed E-state index contributed by atoms with van der Waals surface area (Å²) in [6, 6.07) is 6.01. The van der Waals surface area contributed by atoms with Crippen LogP contribution in [-0.4, -0.2) is 37.0 Å². The van der Waals surface area contributed by atoms with Crippen LogP contribution in [0, 0.1) is 19.3 Å². The Morgan fingerprint density at radius 2 is 2.09 bits per heavy atom. The van der Waals surface area contributed by atoms with Crippen LogP contribution in [0.3, 0.4) is 0 Å². The summed E-state index contributed by atoms with van der Waals surface area (Å²) in [4.78, 5) is 14.1. The molecule has 1 fully saturated rings. The number of amides is 1. The van der Waals surface area contributed by atoms with Crippen molar-refractivity contribution in [1.82, 2.24) is 4.90 Å². The van der Waals surface area contributed by atoms with Crippen LogP contribution >= 0.6 is 12.4 Å². The highest BCUT2D eigenvalue weighted by Gasteiger charge is 2.34. The number of hydrogen-bond acceptors (Lipinski definition) is 3. The number of rotatable bonds is 5. The summed E-state index contributed by atoms with van der Waals surface area (Å²) in [5.74, 6) is 0.995. The largest absolute Gasteiger partial charge is 0.493 e. The second-order valence-corrected chi connectivity index (χ2v) is 6.42. The highest BCUT2D eigenvalue weighted by molar-refractivity contribution is 5.85. The normalized spacial score (nSPS) is 20.6. The van der Waals surface area contributed by atoms with Crippen molar-refractivity contribution in [2.75, 3.05) is 26.2 Å². The molecule has 1 aliphatic heterocycles. The molecule has 0 bridgehead atoms. The molecule has 1 atom stereocenters. The molecule has 4 nitrogen and oxygen atoms in total. The van der Waals surface area contributed by atoms with Gasteiger partial charge in [-0.2, -0.15) is 0 Å². The molecule has 1 unspecified atom stereocenters. The van der Waals surface area contributed by atoms with Crippen LogP contribution in [0.15, 0.2) is 18.2 Å². The van der Waals surface area contributed by atoms with Gasteiger partial charge in [-0.15, -0.1) is 12.4 Å². The summed E-state index contributed by atoms with van der Waals surface area (Å²) >= 11 is 0. The van der Waals surface area contributed by atoms with E-state index in [-0.39, 0.29) is 23.7 Å². The van der Waals surface area contributed by atoms with Crippen molar-refractivity contribution >= 4 is 18.3 Å². The predicted octanol–water partition coefficient (Wildman–Crippen LogP) is 2.69. The van der Waals surface area contributed by atoms with Crippen molar-refractivity contribution in [3.8, 4) is 5.75 Å². The number of likely N-dealkylation sites (tertiary alicyclic amines) is 1. The first-order chi connectivity index (χ1) is 9.93. The Morgan fingerprint density at radius 3 is 2.68 bits per heavy atom. The Bertz CT molecular complexity index is 521. The SMILES string of the molecule is Cc1ccc(OCCC(=O)N2CCC(C)(CN)C2)cc1C.Cl. The van der Waals surface area contributed by atoms with Crippen molar-refractivity contribution < 1.29 is 9.53 Å². The van der Waals surface area contributed by atoms with Crippen LogP contribution in [0.1, 0.15) is 30.9 Å². The number of nitrogens with two attached hydrogens (primary N) is 1. The zero-order valence-electron chi connectivity index (χ0n) is 13.7. The Labute approximate surface area is 139 Å². The third-order valence-corrected chi connectivity index (χ3v) is 4.47. The molecule has 0 aromatic heterocycles. The minimum absolute atomic E-state index is 0. The average molecular weight is 327 g/mol. The van der Waals surface area contributed by atoms with Gasteiger partial charge in [0.15, 0.2) is 0 Å². The second kappa shape index (κ2) is 7.84. The average Bonchev–Trinajstić information content (AvgIpc) is 2.86. The van der Waals surface area contributed by atoms with E-state index in [1.165, 1.54) is 11.1 Å². The Morgan fingerprint density at radius 1 is 1.36 bits per heavy atom. The van der Waals surface area contributed by atoms with E-state index in [1.807, 2.05) is 23.1 Å². The van der Waals surface area contributed by atoms with Crippen LogP contribution < -0.4 is 10.5 Å². The Balaban J connectivity index is 0.00000242. The molecule has 1 aromatic carbocycles. The van der Waals surface area contributed by atoms with Gasteiger partial charge in [-0.1, -0.05) is 13.0 Å². The van der Waals surface area contributed by atoms with Gasteiger partial charge in [-0.25, -0.2) is 0 Å². The van der Waals surface area contributed by atoms with Gasteiger partial charge in [0, 0.05) is 13.1 Å². The van der Waals surface area contributed by atoms with Gasteiger partial charge in [-0.3, -0.25) is 4.79 Å². The Hall–Kier alpha value is -1.26. The van der Waals surface area contributed by atoms with Gasteiger partial charge in [0.05, 0.1) is 13.0 Å². The third-order valence-electron chi connectivity index (χ3n) is 4.47. The molecule has 0 aliphatic carbocycles. The molecule has 1 saturated heterocycles. The topological polar surface area (TPSA) is 55.6 Å². The zero-order valence-corrected chi connectivity index (χ0v) is 14.5. The fourth-order valence-electron chi connectivity index (χ4n) is 2.62. The van der Waals surface area contributed by atoms with Gasteiger partial charge in [0.1, 0.15) is 5.75 Å². The summed E-state index contributed by atoms with van der Waals surface area (Å²) in [5, 5.41) is 0. The van der Waals surface area contributed by atoms with Crippen molar-refractivity contribution in [3.63, 3.8) is 0 Å². The van der Waals surface area contributed by atoms with Crippen molar-refractivity contribution in [2.24, 2.45) is 11.1 Å². The van der Waals surface area contributed by atoms with Crippen LogP contribution in [0.4, 0.5) is 0 Å². The monoisotopic (exact) mass is 326 g/mol. The molecule has 22 heavy (non-hydrogen) atoms. The molecule has 0 saturated carbocycles. The number of halogens is 1. The first-order valence-corrected chi connectivity index (χ1v) is 7.61. The van der Waals surface area contributed by atoms with E-state index >= 15 is 0 Å². The number of ether oxygens (including phenoxy) is 1. The molecular weight excluding hydrogens is 300 g/mol. The highest BCUT2D eigenvalue weighted by Crippen LogP contribution is 2.28. The second-order valence-electron chi connectivity index (χ2n) is 6.42. The fraction of sp³-hybridized carbons (Fsp3) is 0.588. The number of carbonyl (C=O) groups excluding carboxylic acids is 1. The van der Waals surface area contributed by atoms with Gasteiger partial charge in [-0.05, 0) is 55.5 Å². The minimum Gasteiger partial charge on any atom is -0.493 e. The van der Waals surface area contributed by atoms with Gasteiger partial charge in [0.25, 0.3) is 0 Å². The van der Waals surface area contributed by atoms with Crippen molar-refractivity contribution in [2.45, 2.75) is 33.6 Å². The lowest BCUT2D eigenvalue weighted by Gasteiger charge is -2.22. The molecule has 1 heterocycles. The molecule has 124 valence electrons. The fourth-order valence-corrected chi connectivity index (χ4v) is 2.62. The molecule has 2 N–H and O–H groups in total. The molecule has 1 aliphatic rings. The summed E-state index contributed by atoms with van der Waals surface area (Å²) < 4.78 is 5.68. The van der Waals surface area contributed by atoms with E-state index in [4.69, 9.17) is 10.5 Å². The van der Waals surface area contributed by atoms with Crippen molar-refractivity contribution in [3.05, 3.63) is 29.3 Å². The molecule has 2 rings (SSSR count). The zero-order chi connectivity index (χ0) is 15.5. The third kappa shape index (κ3) is 4.62. The van der Waals surface area contributed by atoms with Crippen LogP contribution in [0.5, 0.6) is 5.75 Å². The van der Waals surface area contributed by atoms with E-state index in [0.717, 1.165) is 25.3 Å². The number of benzene rings is 1. The van der Waals surface area contributed by atoms with Crippen LogP contribution in [-0.2, 0) is 4.79 Å². The number of carbonyl (C=O) groups is 1. The lowest BCUT2D eigenvalue weighted by molar-refractivity contribution is -0.131. The smallest absolute Gasteiger partial charge is 0.226 e. The lowest BCUT2D eigenvalue weighted by atomic mass is 9.90. The summed E-state index contributed by atoms with van der Waals surface area (Å²) in [6.45, 7) is 8.93. The molecular formula is C17H27ClN2O2. The molecule has 0 spiro atoms. The van der Waals surface area contributed by atoms with Crippen LogP contribution in [0.25, 0.3) is 0 Å². The molecule has 5 heteroatoms. The Kier molecular flexibility index (Phi) is 6.69. The summed E-state index contributed by atoms with van der Waals surface area (Å²) in [6.07, 6.45) is 1.42. The van der Waals surface area contributed by atoms with Crippen molar-refractivity contribution in [1.29, 1.82) is 0 Å². The first kappa shape index (κ1) is 18.8. The van der Waals surface area contributed by atoms with E-state index in [2.05, 4.69) is 20.8 Å². The van der Waals surface area contributed by atoms with E-state index in [9.17, 15) is 4.79 Å². The molecule has 1 amide bonds. The van der Waals surface area contributed by atoms with E-state index in [1.54, 1.807) is 0 Å². The minimum atomic E-state index is 0. The maximum atomic E-state index is 12.2. The maximum absolute atomic E-state index is 12.2. The van der Waals surface area contributed by atoms with Gasteiger partial charge in [0.2, 0.25) is 5.91 Å². The lowest BCUT2D eigenvalue weighted by Crippen LogP contribution is -2.35. The van der Waals surface area contributed by atoms with Gasteiger partial charge < -0.3 is 15.4 Å². The maximum Gasteiger partial charge on any atom is 0.226 e. The van der Waals surface area contributed by atoms with Crippen LogP contribution in [0.2, 0.25) is 0 Å². The number of hydrogen-bond donors (Lipinski definition) is 1. The van der Waals surface area contributed by atoms with E-state index in [0.29, 0.717) is 19.6 Å². The molecule has 1 aromatic rings. The first-order valence-electron chi connectivity index (χ1n) is 7.61. The standard InChI is InChI=1S/C17H26N2O2.ClH/c1-13-4-5-15(10-14(13)2)21-9-6-16(20)19-8-7-17(3,11-18)12-19;/h4-5,10H,6-9,11-12,18H2,1-3H3;1H. The number of nitrogens with zero attached hydrogens (tertiary/aromatic N) is 1. The van der Waals surface area contributed by atoms with Gasteiger partial charge >= 0.3 is 0 Å². The highest BCUT2D eigenvalue weighted by atomic mass is 35.5. The summed E-state index contributed by atoms with van der Waals surface area (Å²) in [5.41, 5.74) is 8.31. The quantitative estimate of drug-likeness (QED) is 0.905. The summed E-state index contributed by atoms with van der Waals surface area (Å²) in [7, 11) is 0. The van der Waals surface area contributed by atoms with E-state index < -0.39 is 0 Å².